The van der Waals surface area contributed by atoms with Crippen molar-refractivity contribution in [3.05, 3.63) is 35.2 Å². The number of aliphatic hydroxyl groups excluding tert-OH is 1. The molecule has 4 rings (SSSR count). The first-order chi connectivity index (χ1) is 14.6. The van der Waals surface area contributed by atoms with Crippen molar-refractivity contribution in [2.24, 2.45) is 0 Å². The van der Waals surface area contributed by atoms with Crippen molar-refractivity contribution < 1.29 is 14.6 Å². The Balaban J connectivity index is 1.62. The van der Waals surface area contributed by atoms with Crippen LogP contribution in [0.1, 0.15) is 42.5 Å². The standard InChI is InChI=1S/C22H29N5O3/c1-14-19-11-16(15-3-8-20(29-2)24-12-15)13-27(21(19)26-22(23)25-14)17-4-6-18(7-5-17)30-10-9-28/h3,8,11-12,17-18,28H,4-7,9-10,13H2,1-2H3,(H2,23,25,26). The molecule has 160 valence electrons. The highest BCUT2D eigenvalue weighted by Crippen LogP contribution is 2.37. The first kappa shape index (κ1) is 20.6. The number of nitrogens with zero attached hydrogens (tertiary/aromatic N) is 4. The number of hydrogen-bond donors (Lipinski definition) is 2. The highest BCUT2D eigenvalue weighted by atomic mass is 16.5. The molecule has 1 aliphatic heterocycles. The third-order valence-electron chi connectivity index (χ3n) is 5.91. The summed E-state index contributed by atoms with van der Waals surface area (Å²) >= 11 is 0. The lowest BCUT2D eigenvalue weighted by Gasteiger charge is -2.40. The maximum absolute atomic E-state index is 9.01. The molecular weight excluding hydrogens is 382 g/mol. The van der Waals surface area contributed by atoms with Crippen LogP contribution in [0.4, 0.5) is 11.8 Å². The summed E-state index contributed by atoms with van der Waals surface area (Å²) in [5.74, 6) is 1.81. The van der Waals surface area contributed by atoms with Crippen molar-refractivity contribution in [2.75, 3.05) is 37.5 Å². The molecule has 8 nitrogen and oxygen atoms in total. The fourth-order valence-corrected chi connectivity index (χ4v) is 4.36. The Morgan fingerprint density at radius 2 is 2.00 bits per heavy atom. The van der Waals surface area contributed by atoms with Gasteiger partial charge in [-0.1, -0.05) is 0 Å². The van der Waals surface area contributed by atoms with E-state index in [1.807, 2.05) is 25.3 Å². The maximum atomic E-state index is 9.01. The predicted octanol–water partition coefficient (Wildman–Crippen LogP) is 2.45. The first-order valence-corrected chi connectivity index (χ1v) is 10.4. The van der Waals surface area contributed by atoms with Gasteiger partial charge in [-0.2, -0.15) is 4.98 Å². The molecular formula is C22H29N5O3. The van der Waals surface area contributed by atoms with Crippen LogP contribution in [0.2, 0.25) is 0 Å². The number of ether oxygens (including phenoxy) is 2. The minimum absolute atomic E-state index is 0.0684. The quantitative estimate of drug-likeness (QED) is 0.747. The number of pyridine rings is 1. The third kappa shape index (κ3) is 4.24. The lowest BCUT2D eigenvalue weighted by molar-refractivity contribution is 0.00585. The second-order valence-corrected chi connectivity index (χ2v) is 7.82. The van der Waals surface area contributed by atoms with E-state index in [-0.39, 0.29) is 12.7 Å². The Bertz CT molecular complexity index is 908. The average molecular weight is 412 g/mol. The number of aryl methyl sites for hydroxylation is 1. The van der Waals surface area contributed by atoms with Gasteiger partial charge in [0.15, 0.2) is 0 Å². The van der Waals surface area contributed by atoms with E-state index in [4.69, 9.17) is 20.3 Å². The largest absolute Gasteiger partial charge is 0.481 e. The molecule has 2 aromatic rings. The summed E-state index contributed by atoms with van der Waals surface area (Å²) in [5.41, 5.74) is 10.1. The van der Waals surface area contributed by atoms with Gasteiger partial charge in [0.25, 0.3) is 0 Å². The number of hydrogen-bond acceptors (Lipinski definition) is 8. The van der Waals surface area contributed by atoms with Crippen molar-refractivity contribution in [3.8, 4) is 5.88 Å². The third-order valence-corrected chi connectivity index (χ3v) is 5.91. The van der Waals surface area contributed by atoms with Gasteiger partial charge in [-0.15, -0.1) is 0 Å². The van der Waals surface area contributed by atoms with Crippen LogP contribution in [0.5, 0.6) is 5.88 Å². The zero-order valence-corrected chi connectivity index (χ0v) is 17.5. The summed E-state index contributed by atoms with van der Waals surface area (Å²) in [6, 6.07) is 4.27. The monoisotopic (exact) mass is 411 g/mol. The summed E-state index contributed by atoms with van der Waals surface area (Å²) < 4.78 is 10.9. The maximum Gasteiger partial charge on any atom is 0.222 e. The van der Waals surface area contributed by atoms with Crippen LogP contribution >= 0.6 is 0 Å². The second-order valence-electron chi connectivity index (χ2n) is 7.82. The molecule has 1 saturated carbocycles. The minimum atomic E-state index is 0.0684. The number of aliphatic hydroxyl groups is 1. The molecule has 30 heavy (non-hydrogen) atoms. The molecule has 0 atom stereocenters. The van der Waals surface area contributed by atoms with Gasteiger partial charge in [0.05, 0.1) is 32.1 Å². The second kappa shape index (κ2) is 8.97. The van der Waals surface area contributed by atoms with Gasteiger partial charge in [-0.05, 0) is 55.9 Å². The van der Waals surface area contributed by atoms with Gasteiger partial charge in [0.2, 0.25) is 11.8 Å². The van der Waals surface area contributed by atoms with E-state index in [2.05, 4.69) is 25.9 Å². The van der Waals surface area contributed by atoms with Crippen LogP contribution < -0.4 is 15.4 Å². The molecule has 0 unspecified atom stereocenters. The lowest BCUT2D eigenvalue weighted by Crippen LogP contribution is -2.42. The Morgan fingerprint density at radius 3 is 2.67 bits per heavy atom. The first-order valence-electron chi connectivity index (χ1n) is 10.4. The predicted molar refractivity (Wildman–Crippen MR) is 116 cm³/mol. The number of fused-ring (bicyclic) bond motifs is 1. The smallest absolute Gasteiger partial charge is 0.222 e. The molecule has 2 aliphatic rings. The Morgan fingerprint density at radius 1 is 1.20 bits per heavy atom. The van der Waals surface area contributed by atoms with Crippen molar-refractivity contribution in [1.29, 1.82) is 0 Å². The number of anilines is 2. The lowest BCUT2D eigenvalue weighted by atomic mass is 9.89. The van der Waals surface area contributed by atoms with Gasteiger partial charge in [0, 0.05) is 30.4 Å². The zero-order chi connectivity index (χ0) is 21.1. The number of rotatable bonds is 6. The minimum Gasteiger partial charge on any atom is -0.481 e. The average Bonchev–Trinajstić information content (AvgIpc) is 2.77. The van der Waals surface area contributed by atoms with Crippen LogP contribution in [0, 0.1) is 6.92 Å². The topological polar surface area (TPSA) is 107 Å². The molecule has 0 amide bonds. The molecule has 1 fully saturated rings. The van der Waals surface area contributed by atoms with E-state index in [1.165, 1.54) is 5.57 Å². The van der Waals surface area contributed by atoms with Crippen LogP contribution in [-0.2, 0) is 4.74 Å². The summed E-state index contributed by atoms with van der Waals surface area (Å²) in [4.78, 5) is 15.7. The normalized spacial score (nSPS) is 21.2. The Hall–Kier alpha value is -2.71. The van der Waals surface area contributed by atoms with Crippen LogP contribution in [0.15, 0.2) is 18.3 Å². The Kier molecular flexibility index (Phi) is 6.15. The molecule has 3 heterocycles. The van der Waals surface area contributed by atoms with E-state index in [0.717, 1.165) is 54.9 Å². The number of nitrogens with two attached hydrogens (primary N) is 1. The van der Waals surface area contributed by atoms with E-state index in [1.54, 1.807) is 7.11 Å². The number of nitrogen functional groups attached to an aromatic ring is 1. The summed E-state index contributed by atoms with van der Waals surface area (Å²) in [6.07, 6.45) is 8.18. The molecule has 0 saturated heterocycles. The Labute approximate surface area is 176 Å². The number of aromatic nitrogens is 3. The van der Waals surface area contributed by atoms with Gasteiger partial charge in [-0.25, -0.2) is 9.97 Å². The highest BCUT2D eigenvalue weighted by molar-refractivity contribution is 5.91. The van der Waals surface area contributed by atoms with E-state index in [0.29, 0.717) is 24.5 Å². The van der Waals surface area contributed by atoms with Gasteiger partial charge >= 0.3 is 0 Å². The molecule has 0 spiro atoms. The van der Waals surface area contributed by atoms with Crippen molar-refractivity contribution in [3.63, 3.8) is 0 Å². The van der Waals surface area contributed by atoms with E-state index < -0.39 is 0 Å². The summed E-state index contributed by atoms with van der Waals surface area (Å²) in [5, 5.41) is 9.01. The fourth-order valence-electron chi connectivity index (χ4n) is 4.36. The zero-order valence-electron chi connectivity index (χ0n) is 17.5. The number of methoxy groups -OCH3 is 1. The molecule has 1 aliphatic carbocycles. The highest BCUT2D eigenvalue weighted by Gasteiger charge is 2.32. The molecule has 8 heteroatoms. The SMILES string of the molecule is COc1ccc(C2=Cc3c(C)nc(N)nc3N(C3CCC(OCCO)CC3)C2)cn1. The van der Waals surface area contributed by atoms with E-state index >= 15 is 0 Å². The van der Waals surface area contributed by atoms with Crippen LogP contribution in [0.3, 0.4) is 0 Å². The van der Waals surface area contributed by atoms with Crippen molar-refractivity contribution in [2.45, 2.75) is 44.8 Å². The molecule has 0 bridgehead atoms. The van der Waals surface area contributed by atoms with Crippen LogP contribution in [-0.4, -0.2) is 59.1 Å². The van der Waals surface area contributed by atoms with E-state index in [9.17, 15) is 0 Å². The van der Waals surface area contributed by atoms with Gasteiger partial charge in [0.1, 0.15) is 5.82 Å². The van der Waals surface area contributed by atoms with Gasteiger partial charge in [-0.3, -0.25) is 0 Å². The summed E-state index contributed by atoms with van der Waals surface area (Å²) in [7, 11) is 1.62. The van der Waals surface area contributed by atoms with Crippen LogP contribution in [0.25, 0.3) is 11.6 Å². The molecule has 3 N–H and O–H groups in total. The van der Waals surface area contributed by atoms with Crippen molar-refractivity contribution in [1.82, 2.24) is 15.0 Å². The molecule has 2 aromatic heterocycles. The molecule has 0 radical (unpaired) electrons. The van der Waals surface area contributed by atoms with Crippen molar-refractivity contribution >= 4 is 23.4 Å². The summed E-state index contributed by atoms with van der Waals surface area (Å²) in [6.45, 7) is 3.19. The van der Waals surface area contributed by atoms with Gasteiger partial charge < -0.3 is 25.2 Å². The fraction of sp³-hybridized carbons (Fsp3) is 0.500. The molecule has 0 aromatic carbocycles.